The molecule has 1 heterocycles. The van der Waals surface area contributed by atoms with Gasteiger partial charge in [-0.05, 0) is 42.9 Å². The monoisotopic (exact) mass is 406 g/mol. The highest BCUT2D eigenvalue weighted by molar-refractivity contribution is 6.31. The van der Waals surface area contributed by atoms with Gasteiger partial charge in [0, 0.05) is 16.3 Å². The first-order valence-electron chi connectivity index (χ1n) is 9.53. The molecule has 29 heavy (non-hydrogen) atoms. The average Bonchev–Trinajstić information content (AvgIpc) is 3.02. The second kappa shape index (κ2) is 8.09. The number of fused-ring (bicyclic) bond motifs is 1. The molecular formula is C22H23ClN6. The van der Waals surface area contributed by atoms with Crippen molar-refractivity contribution in [3.05, 3.63) is 87.7 Å². The number of aryl methyl sites for hydroxylation is 1. The summed E-state index contributed by atoms with van der Waals surface area (Å²) in [4.78, 5) is 0. The van der Waals surface area contributed by atoms with Gasteiger partial charge in [-0.25, -0.2) is 0 Å². The fourth-order valence-corrected chi connectivity index (χ4v) is 4.27. The number of guanidine groups is 1. The summed E-state index contributed by atoms with van der Waals surface area (Å²) in [6, 6.07) is 18.2. The molecule has 0 aliphatic heterocycles. The van der Waals surface area contributed by atoms with E-state index in [0.717, 1.165) is 39.7 Å². The van der Waals surface area contributed by atoms with Crippen LogP contribution in [0.3, 0.4) is 0 Å². The van der Waals surface area contributed by atoms with Gasteiger partial charge in [-0.1, -0.05) is 60.1 Å². The Kier molecular flexibility index (Phi) is 5.36. The molecule has 2 aromatic carbocycles. The number of benzene rings is 2. The van der Waals surface area contributed by atoms with Crippen molar-refractivity contribution in [2.75, 3.05) is 0 Å². The second-order valence-electron chi connectivity index (χ2n) is 7.25. The number of aromatic nitrogens is 2. The summed E-state index contributed by atoms with van der Waals surface area (Å²) in [6.45, 7) is 2.70. The minimum Gasteiger partial charge on any atom is -0.369 e. The Labute approximate surface area is 174 Å². The molecule has 148 valence electrons. The number of hydrogen-bond acceptors (Lipinski definition) is 3. The molecule has 1 aromatic heterocycles. The third-order valence-electron chi connectivity index (χ3n) is 5.21. The van der Waals surface area contributed by atoms with Crippen LogP contribution in [0.4, 0.5) is 0 Å². The molecule has 0 bridgehead atoms. The van der Waals surface area contributed by atoms with Gasteiger partial charge >= 0.3 is 0 Å². The Morgan fingerprint density at radius 2 is 1.83 bits per heavy atom. The molecular weight excluding hydrogens is 384 g/mol. The van der Waals surface area contributed by atoms with Crippen LogP contribution in [-0.4, -0.2) is 21.5 Å². The summed E-state index contributed by atoms with van der Waals surface area (Å²) in [7, 11) is 0. The fraction of sp³-hybridized carbons (Fsp3) is 0.227. The van der Waals surface area contributed by atoms with Gasteiger partial charge in [0.25, 0.3) is 0 Å². The van der Waals surface area contributed by atoms with Crippen LogP contribution in [0.25, 0.3) is 0 Å². The van der Waals surface area contributed by atoms with E-state index in [4.69, 9.17) is 28.2 Å². The van der Waals surface area contributed by atoms with Gasteiger partial charge < -0.3 is 11.5 Å². The number of nitrogens with two attached hydrogens (primary N) is 2. The van der Waals surface area contributed by atoms with Crippen molar-refractivity contribution in [1.82, 2.24) is 9.78 Å². The Morgan fingerprint density at radius 3 is 2.55 bits per heavy atom. The molecule has 1 unspecified atom stereocenters. The number of rotatable bonds is 4. The third-order valence-corrected chi connectivity index (χ3v) is 5.55. The molecule has 1 aliphatic rings. The van der Waals surface area contributed by atoms with Crippen LogP contribution >= 0.6 is 11.6 Å². The van der Waals surface area contributed by atoms with Crippen LogP contribution in [0, 0.1) is 6.92 Å². The lowest BCUT2D eigenvalue weighted by Gasteiger charge is -2.25. The largest absolute Gasteiger partial charge is 0.369 e. The SMILES string of the molecule is Cc1nn(Cc2ccccc2)c2c1/C(=N\N=C(N)N)CC(c1ccccc1Cl)C2. The summed E-state index contributed by atoms with van der Waals surface area (Å²) >= 11 is 6.50. The highest BCUT2D eigenvalue weighted by atomic mass is 35.5. The zero-order chi connectivity index (χ0) is 20.4. The molecule has 7 heteroatoms. The standard InChI is InChI=1S/C22H23ClN6/c1-14-21-19(26-27-22(24)25)11-16(17-9-5-6-10-18(17)23)12-20(21)29(28-14)13-15-7-3-2-4-8-15/h2-10,16H,11-13H2,1H3,(H4,24,25,27)/b26-19-. The molecule has 0 radical (unpaired) electrons. The van der Waals surface area contributed by atoms with Crippen LogP contribution in [0.1, 0.15) is 40.4 Å². The molecule has 1 atom stereocenters. The van der Waals surface area contributed by atoms with E-state index in [9.17, 15) is 0 Å². The van der Waals surface area contributed by atoms with Crippen molar-refractivity contribution in [3.8, 4) is 0 Å². The smallest absolute Gasteiger partial charge is 0.211 e. The Hall–Kier alpha value is -3.12. The predicted octanol–water partition coefficient (Wildman–Crippen LogP) is 3.60. The van der Waals surface area contributed by atoms with Crippen molar-refractivity contribution >= 4 is 23.3 Å². The maximum absolute atomic E-state index is 6.50. The topological polar surface area (TPSA) is 94.6 Å². The van der Waals surface area contributed by atoms with E-state index >= 15 is 0 Å². The van der Waals surface area contributed by atoms with E-state index < -0.39 is 0 Å². The molecule has 0 saturated heterocycles. The van der Waals surface area contributed by atoms with E-state index in [-0.39, 0.29) is 11.9 Å². The van der Waals surface area contributed by atoms with Crippen LogP contribution in [0.5, 0.6) is 0 Å². The molecule has 0 fully saturated rings. The molecule has 3 aromatic rings. The van der Waals surface area contributed by atoms with Crippen molar-refractivity contribution < 1.29 is 0 Å². The first-order valence-corrected chi connectivity index (χ1v) is 9.91. The van der Waals surface area contributed by atoms with Crippen molar-refractivity contribution in [2.45, 2.75) is 32.2 Å². The quantitative estimate of drug-likeness (QED) is 0.393. The van der Waals surface area contributed by atoms with Gasteiger partial charge in [0.15, 0.2) is 0 Å². The maximum Gasteiger partial charge on any atom is 0.211 e. The van der Waals surface area contributed by atoms with E-state index in [1.807, 2.05) is 43.3 Å². The lowest BCUT2D eigenvalue weighted by molar-refractivity contribution is 0.593. The fourth-order valence-electron chi connectivity index (χ4n) is 3.98. The predicted molar refractivity (Wildman–Crippen MR) is 117 cm³/mol. The highest BCUT2D eigenvalue weighted by Crippen LogP contribution is 2.37. The zero-order valence-electron chi connectivity index (χ0n) is 16.2. The minimum absolute atomic E-state index is 0.0618. The number of halogens is 1. The van der Waals surface area contributed by atoms with Crippen LogP contribution in [-0.2, 0) is 13.0 Å². The summed E-state index contributed by atoms with van der Waals surface area (Å²) in [5.41, 5.74) is 17.3. The molecule has 6 nitrogen and oxygen atoms in total. The second-order valence-corrected chi connectivity index (χ2v) is 7.66. The minimum atomic E-state index is -0.0618. The molecule has 0 amide bonds. The van der Waals surface area contributed by atoms with E-state index in [1.54, 1.807) is 0 Å². The van der Waals surface area contributed by atoms with Crippen LogP contribution in [0.15, 0.2) is 64.8 Å². The summed E-state index contributed by atoms with van der Waals surface area (Å²) in [5, 5.41) is 13.9. The highest BCUT2D eigenvalue weighted by Gasteiger charge is 2.31. The molecule has 4 N–H and O–H groups in total. The summed E-state index contributed by atoms with van der Waals surface area (Å²) in [6.07, 6.45) is 1.53. The van der Waals surface area contributed by atoms with Crippen molar-refractivity contribution in [3.63, 3.8) is 0 Å². The normalized spacial score (nSPS) is 17.2. The molecule has 4 rings (SSSR count). The lowest BCUT2D eigenvalue weighted by Crippen LogP contribution is -2.24. The van der Waals surface area contributed by atoms with Crippen LogP contribution < -0.4 is 11.5 Å². The zero-order valence-corrected chi connectivity index (χ0v) is 17.0. The number of nitrogens with zero attached hydrogens (tertiary/aromatic N) is 4. The van der Waals surface area contributed by atoms with Crippen LogP contribution in [0.2, 0.25) is 5.02 Å². The Morgan fingerprint density at radius 1 is 1.10 bits per heavy atom. The Bertz CT molecular complexity index is 1080. The average molecular weight is 407 g/mol. The third kappa shape index (κ3) is 4.03. The van der Waals surface area contributed by atoms with E-state index in [1.165, 1.54) is 5.56 Å². The summed E-state index contributed by atoms with van der Waals surface area (Å²) in [5.74, 6) is 0.114. The van der Waals surface area contributed by atoms with Gasteiger partial charge in [-0.15, -0.1) is 5.10 Å². The Balaban J connectivity index is 1.80. The van der Waals surface area contributed by atoms with Gasteiger partial charge in [-0.2, -0.15) is 10.2 Å². The van der Waals surface area contributed by atoms with Gasteiger partial charge in [0.1, 0.15) is 0 Å². The van der Waals surface area contributed by atoms with Gasteiger partial charge in [-0.3, -0.25) is 4.68 Å². The molecule has 1 aliphatic carbocycles. The van der Waals surface area contributed by atoms with Gasteiger partial charge in [0.2, 0.25) is 5.96 Å². The van der Waals surface area contributed by atoms with E-state index in [0.29, 0.717) is 13.0 Å². The molecule has 0 saturated carbocycles. The van der Waals surface area contributed by atoms with Crippen molar-refractivity contribution in [2.24, 2.45) is 21.7 Å². The van der Waals surface area contributed by atoms with E-state index in [2.05, 4.69) is 33.1 Å². The molecule has 0 spiro atoms. The maximum atomic E-state index is 6.50. The lowest BCUT2D eigenvalue weighted by atomic mass is 9.81. The first kappa shape index (κ1) is 19.2. The van der Waals surface area contributed by atoms with Gasteiger partial charge in [0.05, 0.1) is 18.0 Å². The summed E-state index contributed by atoms with van der Waals surface area (Å²) < 4.78 is 2.06. The van der Waals surface area contributed by atoms with Crippen molar-refractivity contribution in [1.29, 1.82) is 0 Å². The first-order chi connectivity index (χ1) is 14.0. The number of hydrogen-bond donors (Lipinski definition) is 2.